The molecule has 0 unspecified atom stereocenters. The summed E-state index contributed by atoms with van der Waals surface area (Å²) in [6.07, 6.45) is 0. The van der Waals surface area contributed by atoms with Gasteiger partial charge in [-0.15, -0.1) is 0 Å². The van der Waals surface area contributed by atoms with Gasteiger partial charge in [0, 0.05) is 33.4 Å². The fraction of sp³-hybridized carbons (Fsp3) is 0.120. The molecule has 0 aliphatic carbocycles. The molecule has 0 bridgehead atoms. The zero-order valence-corrected chi connectivity index (χ0v) is 19.7. The maximum atomic E-state index is 13.0. The van der Waals surface area contributed by atoms with Crippen LogP contribution in [0, 0.1) is 0 Å². The van der Waals surface area contributed by atoms with E-state index in [2.05, 4.69) is 21.2 Å². The van der Waals surface area contributed by atoms with Gasteiger partial charge in [-0.2, -0.15) is 0 Å². The number of hydrogen-bond acceptors (Lipinski definition) is 6. The van der Waals surface area contributed by atoms with Crippen LogP contribution in [0.25, 0.3) is 22.3 Å². The summed E-state index contributed by atoms with van der Waals surface area (Å²) >= 11 is 3.37. The number of fused-ring (bicyclic) bond motifs is 1. The molecule has 0 radical (unpaired) electrons. The molecule has 1 N–H and O–H groups in total. The van der Waals surface area contributed by atoms with Crippen LogP contribution >= 0.6 is 15.9 Å². The van der Waals surface area contributed by atoms with E-state index in [0.717, 1.165) is 4.47 Å². The van der Waals surface area contributed by atoms with E-state index < -0.39 is 0 Å². The van der Waals surface area contributed by atoms with E-state index in [1.165, 1.54) is 27.4 Å². The fourth-order valence-corrected chi connectivity index (χ4v) is 3.74. The van der Waals surface area contributed by atoms with Crippen molar-refractivity contribution in [3.8, 4) is 28.6 Å². The average Bonchev–Trinajstić information content (AvgIpc) is 2.84. The number of hydrogen-bond donors (Lipinski definition) is 1. The summed E-state index contributed by atoms with van der Waals surface area (Å²) in [6, 6.07) is 17.1. The van der Waals surface area contributed by atoms with Crippen molar-refractivity contribution in [1.82, 2.24) is 0 Å². The molecular weight excluding hydrogens is 490 g/mol. The smallest absolute Gasteiger partial charge is 0.255 e. The molecule has 1 aromatic heterocycles. The first-order valence-corrected chi connectivity index (χ1v) is 10.7. The maximum absolute atomic E-state index is 13.0. The highest BCUT2D eigenvalue weighted by Gasteiger charge is 2.21. The lowest BCUT2D eigenvalue weighted by molar-refractivity contribution is 0.102. The number of carbonyl (C=O) groups excluding carboxylic acids is 1. The van der Waals surface area contributed by atoms with Crippen LogP contribution in [0.1, 0.15) is 10.4 Å². The first-order chi connectivity index (χ1) is 15.9. The van der Waals surface area contributed by atoms with Crippen molar-refractivity contribution < 1.29 is 23.4 Å². The summed E-state index contributed by atoms with van der Waals surface area (Å²) in [6.45, 7) is 0. The zero-order valence-electron chi connectivity index (χ0n) is 18.1. The number of anilines is 1. The van der Waals surface area contributed by atoms with Gasteiger partial charge in [0.05, 0.1) is 21.3 Å². The molecule has 0 aliphatic heterocycles. The molecule has 0 spiro atoms. The van der Waals surface area contributed by atoms with Crippen LogP contribution in [-0.4, -0.2) is 27.2 Å². The molecule has 33 heavy (non-hydrogen) atoms. The summed E-state index contributed by atoms with van der Waals surface area (Å²) in [5.74, 6) is 0.925. The van der Waals surface area contributed by atoms with Crippen LogP contribution in [0.2, 0.25) is 0 Å². The van der Waals surface area contributed by atoms with E-state index in [1.807, 2.05) is 12.1 Å². The monoisotopic (exact) mass is 509 g/mol. The molecule has 1 amide bonds. The van der Waals surface area contributed by atoms with Crippen LogP contribution in [-0.2, 0) is 0 Å². The van der Waals surface area contributed by atoms with E-state index in [4.69, 9.17) is 18.6 Å². The molecule has 4 aromatic rings. The number of halogens is 1. The Morgan fingerprint density at radius 1 is 0.909 bits per heavy atom. The number of nitrogens with one attached hydrogen (secondary N) is 1. The van der Waals surface area contributed by atoms with Crippen molar-refractivity contribution in [2.45, 2.75) is 0 Å². The van der Waals surface area contributed by atoms with Gasteiger partial charge in [0.25, 0.3) is 5.91 Å². The minimum absolute atomic E-state index is 0.231. The number of methoxy groups -OCH3 is 3. The molecule has 0 saturated carbocycles. The Balaban J connectivity index is 1.75. The normalized spacial score (nSPS) is 10.7. The van der Waals surface area contributed by atoms with E-state index in [1.54, 1.807) is 42.5 Å². The Bertz CT molecular complexity index is 1390. The van der Waals surface area contributed by atoms with Gasteiger partial charge in [-0.1, -0.05) is 28.1 Å². The van der Waals surface area contributed by atoms with Gasteiger partial charge in [-0.3, -0.25) is 9.59 Å². The van der Waals surface area contributed by atoms with E-state index in [9.17, 15) is 9.59 Å². The Hall–Kier alpha value is -3.78. The van der Waals surface area contributed by atoms with Gasteiger partial charge < -0.3 is 23.9 Å². The number of benzene rings is 3. The van der Waals surface area contributed by atoms with Crippen LogP contribution < -0.4 is 25.0 Å². The number of amides is 1. The molecule has 0 atom stereocenters. The molecule has 1 heterocycles. The SMILES string of the molecule is COc1cc2oc(-c3cccc(C(=O)Nc4ccc(Br)cc4)c3)cc(=O)c2c(OC)c1OC. The Labute approximate surface area is 198 Å². The van der Waals surface area contributed by atoms with E-state index in [-0.39, 0.29) is 28.1 Å². The Morgan fingerprint density at radius 3 is 2.30 bits per heavy atom. The predicted molar refractivity (Wildman–Crippen MR) is 130 cm³/mol. The fourth-order valence-electron chi connectivity index (χ4n) is 3.48. The molecule has 8 heteroatoms. The zero-order chi connectivity index (χ0) is 23.5. The first-order valence-electron chi connectivity index (χ1n) is 9.89. The average molecular weight is 510 g/mol. The largest absolute Gasteiger partial charge is 0.493 e. The van der Waals surface area contributed by atoms with Gasteiger partial charge in [0.2, 0.25) is 5.75 Å². The van der Waals surface area contributed by atoms with Crippen molar-refractivity contribution in [3.05, 3.63) is 80.9 Å². The van der Waals surface area contributed by atoms with Gasteiger partial charge in [-0.25, -0.2) is 0 Å². The van der Waals surface area contributed by atoms with Crippen molar-refractivity contribution in [2.75, 3.05) is 26.6 Å². The van der Waals surface area contributed by atoms with Crippen LogP contribution in [0.4, 0.5) is 5.69 Å². The number of rotatable bonds is 6. The Morgan fingerprint density at radius 2 is 1.64 bits per heavy atom. The van der Waals surface area contributed by atoms with Crippen LogP contribution in [0.3, 0.4) is 0 Å². The second-order valence-corrected chi connectivity index (χ2v) is 7.95. The van der Waals surface area contributed by atoms with Gasteiger partial charge >= 0.3 is 0 Å². The summed E-state index contributed by atoms with van der Waals surface area (Å²) in [7, 11) is 4.39. The third-order valence-electron chi connectivity index (χ3n) is 5.03. The Kier molecular flexibility index (Phi) is 6.37. The van der Waals surface area contributed by atoms with Crippen molar-refractivity contribution in [3.63, 3.8) is 0 Å². The topological polar surface area (TPSA) is 87.0 Å². The quantitative estimate of drug-likeness (QED) is 0.369. The summed E-state index contributed by atoms with van der Waals surface area (Å²) < 4.78 is 23.1. The molecular formula is C25H20BrNO6. The van der Waals surface area contributed by atoms with Gasteiger partial charge in [0.15, 0.2) is 16.9 Å². The molecule has 0 saturated heterocycles. The maximum Gasteiger partial charge on any atom is 0.255 e. The summed E-state index contributed by atoms with van der Waals surface area (Å²) in [5.41, 5.74) is 1.62. The van der Waals surface area contributed by atoms with E-state index >= 15 is 0 Å². The van der Waals surface area contributed by atoms with Gasteiger partial charge in [0.1, 0.15) is 16.7 Å². The summed E-state index contributed by atoms with van der Waals surface area (Å²) in [4.78, 5) is 25.7. The second-order valence-electron chi connectivity index (χ2n) is 7.04. The molecule has 7 nitrogen and oxygen atoms in total. The van der Waals surface area contributed by atoms with Gasteiger partial charge in [-0.05, 0) is 36.4 Å². The van der Waals surface area contributed by atoms with Crippen molar-refractivity contribution in [1.29, 1.82) is 0 Å². The molecule has 0 aliphatic rings. The van der Waals surface area contributed by atoms with E-state index in [0.29, 0.717) is 34.1 Å². The highest BCUT2D eigenvalue weighted by molar-refractivity contribution is 9.10. The number of carbonyl (C=O) groups is 1. The minimum atomic E-state index is -0.311. The molecule has 4 rings (SSSR count). The lowest BCUT2D eigenvalue weighted by Crippen LogP contribution is -2.11. The minimum Gasteiger partial charge on any atom is -0.493 e. The van der Waals surface area contributed by atoms with Crippen molar-refractivity contribution >= 4 is 38.5 Å². The second kappa shape index (κ2) is 9.38. The van der Waals surface area contributed by atoms with Crippen LogP contribution in [0.15, 0.2) is 74.3 Å². The van der Waals surface area contributed by atoms with Crippen molar-refractivity contribution in [2.24, 2.45) is 0 Å². The highest BCUT2D eigenvalue weighted by atomic mass is 79.9. The highest BCUT2D eigenvalue weighted by Crippen LogP contribution is 2.42. The third-order valence-corrected chi connectivity index (χ3v) is 5.56. The molecule has 168 valence electrons. The lowest BCUT2D eigenvalue weighted by Gasteiger charge is -2.14. The third kappa shape index (κ3) is 4.42. The first kappa shape index (κ1) is 22.4. The molecule has 3 aromatic carbocycles. The lowest BCUT2D eigenvalue weighted by atomic mass is 10.1. The molecule has 0 fully saturated rings. The predicted octanol–water partition coefficient (Wildman–Crippen LogP) is 5.50. The van der Waals surface area contributed by atoms with Crippen LogP contribution in [0.5, 0.6) is 17.2 Å². The standard InChI is InChI=1S/C25H20BrNO6/c1-30-21-13-20-22(24(32-3)23(21)31-2)18(28)12-19(33-20)14-5-4-6-15(11-14)25(29)27-17-9-7-16(26)8-10-17/h4-13H,1-3H3,(H,27,29). The summed E-state index contributed by atoms with van der Waals surface area (Å²) in [5, 5.41) is 3.09. The number of ether oxygens (including phenoxy) is 3.